The molecule has 4 aromatic carbocycles. The van der Waals surface area contributed by atoms with Gasteiger partial charge in [0.15, 0.2) is 0 Å². The van der Waals surface area contributed by atoms with Gasteiger partial charge < -0.3 is 19.3 Å². The van der Waals surface area contributed by atoms with Crippen LogP contribution in [-0.4, -0.2) is 60.6 Å². The number of amides is 1. The first kappa shape index (κ1) is 45.4. The molecule has 4 aliphatic rings. The molecule has 4 aromatic rings. The number of likely N-dealkylation sites (tertiary alicyclic amines) is 2. The number of carbonyl (C=O) groups excluding carboxylic acids is 1. The molecule has 0 radical (unpaired) electrons. The van der Waals surface area contributed by atoms with Crippen LogP contribution in [0.4, 0.5) is 26.3 Å². The molecule has 8 rings (SSSR count). The van der Waals surface area contributed by atoms with E-state index >= 15 is 0 Å². The predicted octanol–water partition coefficient (Wildman–Crippen LogP) is 12.4. The topological polar surface area (TPSA) is 42.0 Å². The van der Waals surface area contributed by atoms with Gasteiger partial charge in [0, 0.05) is 48.2 Å². The first-order chi connectivity index (χ1) is 29.1. The molecular formula is C48H52Cl2F6N2O3. The Balaban J connectivity index is 0.000000184. The van der Waals surface area contributed by atoms with Gasteiger partial charge in [0.05, 0.1) is 42.0 Å². The number of alkyl halides is 6. The summed E-state index contributed by atoms with van der Waals surface area (Å²) in [5, 5.41) is 1.44. The van der Waals surface area contributed by atoms with Gasteiger partial charge in [0.25, 0.3) is 0 Å². The fourth-order valence-corrected chi connectivity index (χ4v) is 9.32. The Morgan fingerprint density at radius 1 is 0.574 bits per heavy atom. The molecular weight excluding hydrogens is 837 g/mol. The Hall–Kier alpha value is -3.61. The average Bonchev–Trinajstić information content (AvgIpc) is 3.22. The zero-order valence-corrected chi connectivity index (χ0v) is 35.6. The van der Waals surface area contributed by atoms with E-state index in [-0.39, 0.29) is 30.1 Å². The zero-order valence-electron chi connectivity index (χ0n) is 34.1. The van der Waals surface area contributed by atoms with Gasteiger partial charge in [-0.2, -0.15) is 26.3 Å². The molecule has 0 N–H and O–H groups in total. The Bertz CT molecular complexity index is 2020. The maximum atomic E-state index is 13.3. The number of benzene rings is 4. The van der Waals surface area contributed by atoms with Gasteiger partial charge in [-0.25, -0.2) is 0 Å². The summed E-state index contributed by atoms with van der Waals surface area (Å²) in [6.45, 7) is 4.95. The number of carbonyl (C=O) groups is 1. The van der Waals surface area contributed by atoms with E-state index in [9.17, 15) is 31.1 Å². The van der Waals surface area contributed by atoms with E-state index in [2.05, 4.69) is 17.0 Å². The maximum Gasteiger partial charge on any atom is 0.416 e. The van der Waals surface area contributed by atoms with Gasteiger partial charge in [-0.1, -0.05) is 84.6 Å². The van der Waals surface area contributed by atoms with Gasteiger partial charge in [0.1, 0.15) is 0 Å². The van der Waals surface area contributed by atoms with Crippen molar-refractivity contribution in [2.24, 2.45) is 0 Å². The van der Waals surface area contributed by atoms with E-state index in [0.717, 1.165) is 105 Å². The highest BCUT2D eigenvalue weighted by Crippen LogP contribution is 2.47. The van der Waals surface area contributed by atoms with Crippen LogP contribution in [0.3, 0.4) is 0 Å². The first-order valence-corrected chi connectivity index (χ1v) is 22.0. The van der Waals surface area contributed by atoms with Gasteiger partial charge in [-0.3, -0.25) is 4.79 Å². The van der Waals surface area contributed by atoms with Crippen LogP contribution in [0.25, 0.3) is 0 Å². The molecule has 0 spiro atoms. The molecule has 2 aliphatic heterocycles. The molecule has 0 atom stereocenters. The lowest BCUT2D eigenvalue weighted by Gasteiger charge is -2.47. The minimum absolute atomic E-state index is 0.000727. The lowest BCUT2D eigenvalue weighted by molar-refractivity contribution is -0.144. The summed E-state index contributed by atoms with van der Waals surface area (Å²) in [5.74, 6) is 0.183. The van der Waals surface area contributed by atoms with Gasteiger partial charge in [-0.15, -0.1) is 0 Å². The van der Waals surface area contributed by atoms with Crippen LogP contribution in [0.2, 0.25) is 10.0 Å². The molecule has 61 heavy (non-hydrogen) atoms. The minimum Gasteiger partial charge on any atom is -0.373 e. The second-order valence-corrected chi connectivity index (χ2v) is 17.9. The van der Waals surface area contributed by atoms with E-state index in [4.69, 9.17) is 32.7 Å². The third-order valence-corrected chi connectivity index (χ3v) is 13.6. The largest absolute Gasteiger partial charge is 0.416 e. The van der Waals surface area contributed by atoms with E-state index < -0.39 is 28.9 Å². The minimum atomic E-state index is -4.33. The molecule has 2 aliphatic carbocycles. The van der Waals surface area contributed by atoms with Crippen LogP contribution in [0.15, 0.2) is 97.1 Å². The average molecular weight is 890 g/mol. The van der Waals surface area contributed by atoms with Crippen molar-refractivity contribution in [3.8, 4) is 0 Å². The van der Waals surface area contributed by atoms with E-state index in [1.807, 2.05) is 41.3 Å². The highest BCUT2D eigenvalue weighted by Gasteiger charge is 2.48. The molecule has 2 saturated heterocycles. The summed E-state index contributed by atoms with van der Waals surface area (Å²) in [6.07, 6.45) is 1.37. The van der Waals surface area contributed by atoms with Gasteiger partial charge >= 0.3 is 12.4 Å². The lowest BCUT2D eigenvalue weighted by atomic mass is 9.63. The molecule has 2 saturated carbocycles. The number of ether oxygens (including phenoxy) is 2. The number of halogens is 8. The van der Waals surface area contributed by atoms with Crippen molar-refractivity contribution >= 4 is 29.1 Å². The van der Waals surface area contributed by atoms with Crippen molar-refractivity contribution in [1.29, 1.82) is 0 Å². The molecule has 0 aromatic heterocycles. The highest BCUT2D eigenvalue weighted by molar-refractivity contribution is 6.30. The molecule has 5 nitrogen and oxygen atoms in total. The SMILES string of the molecule is FC(F)(F)c1ccc(COC2CCN(CC3(c4ccc(Cl)cc4)CCC3)CC2)cc1.O=C(N1CCC(OCc2ccc(C(F)(F)F)cc2)CC1)C1(c2ccc(Cl)cc2)CCC1. The Labute approximate surface area is 364 Å². The van der Waals surface area contributed by atoms with Crippen molar-refractivity contribution in [2.75, 3.05) is 32.7 Å². The van der Waals surface area contributed by atoms with Crippen LogP contribution in [0.5, 0.6) is 0 Å². The number of piperidine rings is 2. The van der Waals surface area contributed by atoms with Crippen molar-refractivity contribution in [2.45, 2.75) is 113 Å². The fourth-order valence-electron chi connectivity index (χ4n) is 9.07. The second-order valence-electron chi connectivity index (χ2n) is 17.1. The highest BCUT2D eigenvalue weighted by atomic mass is 35.5. The van der Waals surface area contributed by atoms with E-state index in [1.165, 1.54) is 49.1 Å². The summed E-state index contributed by atoms with van der Waals surface area (Å²) in [5.41, 5.74) is 2.45. The van der Waals surface area contributed by atoms with Crippen molar-refractivity contribution < 1.29 is 40.6 Å². The Morgan fingerprint density at radius 2 is 0.984 bits per heavy atom. The number of rotatable bonds is 11. The van der Waals surface area contributed by atoms with Crippen molar-refractivity contribution in [1.82, 2.24) is 9.80 Å². The van der Waals surface area contributed by atoms with E-state index in [0.29, 0.717) is 30.3 Å². The Morgan fingerprint density at radius 3 is 1.36 bits per heavy atom. The third kappa shape index (κ3) is 11.3. The van der Waals surface area contributed by atoms with Crippen LogP contribution in [0, 0.1) is 0 Å². The molecule has 328 valence electrons. The summed E-state index contributed by atoms with van der Waals surface area (Å²) in [4.78, 5) is 17.8. The standard InChI is InChI=1S/C24H25ClF3NO2.C24H27ClF3NO/c25-20-8-6-18(7-9-20)23(12-1-13-23)22(30)29-14-10-21(11-15-29)31-16-17-2-4-19(5-3-17)24(26,27)28;25-21-8-6-19(7-9-21)23(12-1-13-23)17-29-14-10-22(11-15-29)30-16-18-2-4-20(5-3-18)24(26,27)28/h2-9,21H,1,10-16H2;2-9,22H,1,10-17H2. The summed E-state index contributed by atoms with van der Waals surface area (Å²) in [6, 6.07) is 26.2. The van der Waals surface area contributed by atoms with Crippen LogP contribution >= 0.6 is 23.2 Å². The van der Waals surface area contributed by atoms with Crippen molar-refractivity contribution in [3.63, 3.8) is 0 Å². The fraction of sp³-hybridized carbons (Fsp3) is 0.479. The normalized spacial score (nSPS) is 19.6. The molecule has 0 bridgehead atoms. The van der Waals surface area contributed by atoms with Crippen molar-refractivity contribution in [3.05, 3.63) is 140 Å². The monoisotopic (exact) mass is 888 g/mol. The smallest absolute Gasteiger partial charge is 0.373 e. The van der Waals surface area contributed by atoms with Gasteiger partial charge in [-0.05, 0) is 122 Å². The Kier molecular flexibility index (Phi) is 14.5. The van der Waals surface area contributed by atoms with Crippen LogP contribution in [0.1, 0.15) is 97.6 Å². The number of hydrogen-bond acceptors (Lipinski definition) is 4. The van der Waals surface area contributed by atoms with Crippen LogP contribution < -0.4 is 0 Å². The third-order valence-electron chi connectivity index (χ3n) is 13.1. The quantitative estimate of drug-likeness (QED) is 0.141. The molecule has 2 heterocycles. The number of nitrogens with zero attached hydrogens (tertiary/aromatic N) is 2. The van der Waals surface area contributed by atoms with Gasteiger partial charge in [0.2, 0.25) is 5.91 Å². The molecule has 4 fully saturated rings. The van der Waals surface area contributed by atoms with E-state index in [1.54, 1.807) is 0 Å². The predicted molar refractivity (Wildman–Crippen MR) is 225 cm³/mol. The molecule has 1 amide bonds. The number of hydrogen-bond donors (Lipinski definition) is 0. The zero-order chi connectivity index (χ0) is 43.3. The summed E-state index contributed by atoms with van der Waals surface area (Å²) in [7, 11) is 0. The molecule has 13 heteroatoms. The first-order valence-electron chi connectivity index (χ1n) is 21.2. The second kappa shape index (κ2) is 19.4. The summed E-state index contributed by atoms with van der Waals surface area (Å²) < 4.78 is 87.9. The summed E-state index contributed by atoms with van der Waals surface area (Å²) >= 11 is 12.1. The lowest BCUT2D eigenvalue weighted by Crippen LogP contribution is -2.53. The maximum absolute atomic E-state index is 13.3. The van der Waals surface area contributed by atoms with Crippen LogP contribution in [-0.2, 0) is 50.7 Å². The molecule has 0 unspecified atom stereocenters.